The second-order valence-electron chi connectivity index (χ2n) is 7.80. The summed E-state index contributed by atoms with van der Waals surface area (Å²) in [5.41, 5.74) is 12.0. The van der Waals surface area contributed by atoms with Gasteiger partial charge in [-0.1, -0.05) is 12.1 Å². The predicted molar refractivity (Wildman–Crippen MR) is 110 cm³/mol. The lowest BCUT2D eigenvalue weighted by Gasteiger charge is -2.26. The molecule has 28 heavy (non-hydrogen) atoms. The summed E-state index contributed by atoms with van der Waals surface area (Å²) in [5.74, 6) is -0.625. The average Bonchev–Trinajstić information content (AvgIpc) is 3.04. The molecule has 1 aromatic rings. The number of fused-ring (bicyclic) bond motifs is 2. The van der Waals surface area contributed by atoms with E-state index in [1.54, 1.807) is 7.05 Å². The first-order valence-corrected chi connectivity index (χ1v) is 9.52. The minimum Gasteiger partial charge on any atom is -0.380 e. The molecule has 4 rings (SSSR count). The number of halogens is 1. The number of anilines is 1. The lowest BCUT2D eigenvalue weighted by molar-refractivity contribution is -0.114. The number of nitrogens with zero attached hydrogens (tertiary/aromatic N) is 2. The average molecular weight is 380 g/mol. The molecule has 5 nitrogen and oxygen atoms in total. The van der Waals surface area contributed by atoms with Crippen LogP contribution in [0.25, 0.3) is 0 Å². The number of hydrogen-bond acceptors (Lipinski definition) is 4. The van der Waals surface area contributed by atoms with Gasteiger partial charge in [-0.05, 0) is 48.1 Å². The van der Waals surface area contributed by atoms with Gasteiger partial charge in [0.15, 0.2) is 0 Å². The first kappa shape index (κ1) is 18.5. The van der Waals surface area contributed by atoms with Gasteiger partial charge in [-0.25, -0.2) is 4.39 Å². The van der Waals surface area contributed by atoms with Crippen LogP contribution in [0.4, 0.5) is 10.1 Å². The second-order valence-corrected chi connectivity index (χ2v) is 7.80. The van der Waals surface area contributed by atoms with Gasteiger partial charge in [-0.3, -0.25) is 9.79 Å². The van der Waals surface area contributed by atoms with Crippen molar-refractivity contribution in [2.24, 2.45) is 10.7 Å². The van der Waals surface area contributed by atoms with Crippen molar-refractivity contribution in [2.45, 2.75) is 31.2 Å². The number of allylic oxidation sites excluding steroid dienone is 1. The van der Waals surface area contributed by atoms with E-state index >= 15 is 0 Å². The van der Waals surface area contributed by atoms with Crippen LogP contribution in [-0.4, -0.2) is 38.8 Å². The Balaban J connectivity index is 1.73. The first-order valence-electron chi connectivity index (χ1n) is 9.52. The standard InChI is InChI=1S/C22H25FN4O/c1-25-17-8-13(12-4-6-15(7-5-12)27(2)3)9-18-21(17)20-16(22(24)28)10-14(23)11-19(20)26-18/h4-7,10,13,19,26H,8-9,11H2,1-3H3,(H2,24,28)/b25-17-. The fourth-order valence-corrected chi connectivity index (χ4v) is 4.49. The SMILES string of the molecule is C/N=C1/CC(c2ccc(N(C)C)cc2)CC2=C1C1=C(C(N)=O)C=C(F)CC1N2. The number of primary amides is 1. The van der Waals surface area contributed by atoms with Crippen LogP contribution in [-0.2, 0) is 4.79 Å². The molecule has 1 heterocycles. The van der Waals surface area contributed by atoms with Gasteiger partial charge in [0.05, 0.1) is 6.04 Å². The Labute approximate surface area is 164 Å². The fourth-order valence-electron chi connectivity index (χ4n) is 4.49. The van der Waals surface area contributed by atoms with Gasteiger partial charge < -0.3 is 16.0 Å². The summed E-state index contributed by atoms with van der Waals surface area (Å²) in [5, 5.41) is 3.45. The highest BCUT2D eigenvalue weighted by Gasteiger charge is 2.41. The van der Waals surface area contributed by atoms with E-state index in [2.05, 4.69) is 39.5 Å². The van der Waals surface area contributed by atoms with Gasteiger partial charge in [0.25, 0.3) is 0 Å². The quantitative estimate of drug-likeness (QED) is 0.847. The topological polar surface area (TPSA) is 70.7 Å². The van der Waals surface area contributed by atoms with Crippen LogP contribution in [0.1, 0.15) is 30.7 Å². The van der Waals surface area contributed by atoms with Crippen LogP contribution in [0.2, 0.25) is 0 Å². The van der Waals surface area contributed by atoms with Crippen LogP contribution in [0.5, 0.6) is 0 Å². The molecule has 1 aromatic carbocycles. The molecule has 0 radical (unpaired) electrons. The Kier molecular flexibility index (Phi) is 4.57. The summed E-state index contributed by atoms with van der Waals surface area (Å²) in [6.07, 6.45) is 3.11. The maximum absolute atomic E-state index is 14.1. The van der Waals surface area contributed by atoms with Crippen molar-refractivity contribution < 1.29 is 9.18 Å². The lowest BCUT2D eigenvalue weighted by Crippen LogP contribution is -2.29. The summed E-state index contributed by atoms with van der Waals surface area (Å²) in [7, 11) is 5.82. The minimum atomic E-state index is -0.595. The summed E-state index contributed by atoms with van der Waals surface area (Å²) >= 11 is 0. The number of carbonyl (C=O) groups excluding carboxylic acids is 1. The molecular weight excluding hydrogens is 355 g/mol. The Hall–Kier alpha value is -2.89. The molecule has 3 N–H and O–H groups in total. The van der Waals surface area contributed by atoms with Crippen LogP contribution >= 0.6 is 0 Å². The predicted octanol–water partition coefficient (Wildman–Crippen LogP) is 2.97. The molecule has 0 saturated carbocycles. The van der Waals surface area contributed by atoms with Crippen LogP contribution in [0.3, 0.4) is 0 Å². The van der Waals surface area contributed by atoms with E-state index in [1.165, 1.54) is 11.6 Å². The van der Waals surface area contributed by atoms with E-state index in [0.29, 0.717) is 0 Å². The molecule has 0 spiro atoms. The molecule has 3 aliphatic rings. The van der Waals surface area contributed by atoms with E-state index in [4.69, 9.17) is 5.73 Å². The third kappa shape index (κ3) is 3.03. The maximum atomic E-state index is 14.1. The summed E-state index contributed by atoms with van der Waals surface area (Å²) in [6.45, 7) is 0. The normalized spacial score (nSPS) is 25.3. The first-order chi connectivity index (χ1) is 13.4. The highest BCUT2D eigenvalue weighted by Crippen LogP contribution is 2.44. The third-order valence-electron chi connectivity index (χ3n) is 5.85. The zero-order valence-electron chi connectivity index (χ0n) is 16.4. The Morgan fingerprint density at radius 1 is 1.21 bits per heavy atom. The lowest BCUT2D eigenvalue weighted by atomic mass is 9.78. The molecule has 6 heteroatoms. The molecule has 0 bridgehead atoms. The molecule has 2 aliphatic carbocycles. The Bertz CT molecular complexity index is 953. The molecule has 0 saturated heterocycles. The molecule has 1 aliphatic heterocycles. The van der Waals surface area contributed by atoms with E-state index < -0.39 is 5.91 Å². The number of benzene rings is 1. The third-order valence-corrected chi connectivity index (χ3v) is 5.85. The number of hydrogen-bond donors (Lipinski definition) is 2. The van der Waals surface area contributed by atoms with Crippen molar-refractivity contribution in [2.75, 3.05) is 26.0 Å². The molecule has 2 atom stereocenters. The Morgan fingerprint density at radius 2 is 1.93 bits per heavy atom. The van der Waals surface area contributed by atoms with E-state index in [-0.39, 0.29) is 29.8 Å². The maximum Gasteiger partial charge on any atom is 0.249 e. The fraction of sp³-hybridized carbons (Fsp3) is 0.364. The number of rotatable bonds is 3. The van der Waals surface area contributed by atoms with E-state index in [9.17, 15) is 9.18 Å². The van der Waals surface area contributed by atoms with Gasteiger partial charge in [0, 0.05) is 55.8 Å². The van der Waals surface area contributed by atoms with Gasteiger partial charge >= 0.3 is 0 Å². The van der Waals surface area contributed by atoms with Crippen molar-refractivity contribution in [3.05, 3.63) is 64.1 Å². The van der Waals surface area contributed by atoms with Gasteiger partial charge in [-0.2, -0.15) is 0 Å². The van der Waals surface area contributed by atoms with Crippen molar-refractivity contribution in [1.29, 1.82) is 0 Å². The van der Waals surface area contributed by atoms with Crippen molar-refractivity contribution in [3.8, 4) is 0 Å². The van der Waals surface area contributed by atoms with Gasteiger partial charge in [0.2, 0.25) is 5.91 Å². The zero-order valence-corrected chi connectivity index (χ0v) is 16.4. The van der Waals surface area contributed by atoms with E-state index in [1.807, 2.05) is 14.1 Å². The molecule has 1 amide bonds. The van der Waals surface area contributed by atoms with Gasteiger partial charge in [0.1, 0.15) is 5.83 Å². The van der Waals surface area contributed by atoms with E-state index in [0.717, 1.165) is 41.1 Å². The summed E-state index contributed by atoms with van der Waals surface area (Å²) in [4.78, 5) is 18.5. The molecular formula is C22H25FN4O. The smallest absolute Gasteiger partial charge is 0.249 e. The number of aliphatic imine (C=N–C) groups is 1. The van der Waals surface area contributed by atoms with Crippen LogP contribution < -0.4 is 16.0 Å². The monoisotopic (exact) mass is 380 g/mol. The second kappa shape index (κ2) is 6.93. The van der Waals surface area contributed by atoms with Crippen LogP contribution in [0.15, 0.2) is 63.6 Å². The molecule has 146 valence electrons. The molecule has 2 unspecified atom stereocenters. The number of nitrogens with one attached hydrogen (secondary N) is 1. The molecule has 0 fully saturated rings. The minimum absolute atomic E-state index is 0.234. The van der Waals surface area contributed by atoms with Crippen molar-refractivity contribution in [3.63, 3.8) is 0 Å². The van der Waals surface area contributed by atoms with Crippen molar-refractivity contribution >= 4 is 17.3 Å². The highest BCUT2D eigenvalue weighted by atomic mass is 19.1. The van der Waals surface area contributed by atoms with Crippen LogP contribution in [0, 0.1) is 0 Å². The summed E-state index contributed by atoms with van der Waals surface area (Å²) < 4.78 is 14.1. The van der Waals surface area contributed by atoms with Crippen molar-refractivity contribution in [1.82, 2.24) is 5.32 Å². The number of carbonyl (C=O) groups is 1. The molecule has 0 aromatic heterocycles. The summed E-state index contributed by atoms with van der Waals surface area (Å²) in [6, 6.07) is 8.32. The number of nitrogens with two attached hydrogens (primary N) is 1. The largest absolute Gasteiger partial charge is 0.380 e. The Morgan fingerprint density at radius 3 is 2.54 bits per heavy atom. The highest BCUT2D eigenvalue weighted by molar-refractivity contribution is 6.10. The zero-order chi connectivity index (χ0) is 20.0. The number of amides is 1. The van der Waals surface area contributed by atoms with Gasteiger partial charge in [-0.15, -0.1) is 0 Å².